The van der Waals surface area contributed by atoms with Gasteiger partial charge in [0.05, 0.1) is 31.0 Å². The van der Waals surface area contributed by atoms with Gasteiger partial charge in [-0.05, 0) is 61.9 Å². The summed E-state index contributed by atoms with van der Waals surface area (Å²) in [6.07, 6.45) is -0.0395. The van der Waals surface area contributed by atoms with Crippen molar-refractivity contribution in [1.29, 1.82) is 0 Å². The monoisotopic (exact) mass is 565 g/mol. The standard InChI is InChI=1S/C29H28ClN3O5S/c1-3-37-23-10-7-9-22(16-23)31-26(34)17-25-27(35)33(18-20-8-5-6-11-24(20)30)29(39-25)32-21-14-12-19(13-15-21)28(36)38-4-2/h5-16,25H,3-4,17-18H2,1-2H3,(H,31,34)/t25-/m1/s1. The Kier molecular flexibility index (Phi) is 9.62. The van der Waals surface area contributed by atoms with E-state index in [2.05, 4.69) is 10.3 Å². The molecule has 1 aliphatic heterocycles. The van der Waals surface area contributed by atoms with Gasteiger partial charge in [-0.15, -0.1) is 0 Å². The number of hydrogen-bond donors (Lipinski definition) is 1. The van der Waals surface area contributed by atoms with E-state index in [4.69, 9.17) is 21.1 Å². The van der Waals surface area contributed by atoms with Crippen LogP contribution in [0.5, 0.6) is 5.75 Å². The maximum Gasteiger partial charge on any atom is 0.338 e. The van der Waals surface area contributed by atoms with Crippen LogP contribution in [-0.2, 0) is 20.9 Å². The minimum Gasteiger partial charge on any atom is -0.494 e. The molecule has 4 rings (SSSR count). The molecule has 3 aromatic rings. The van der Waals surface area contributed by atoms with Crippen molar-refractivity contribution in [1.82, 2.24) is 4.90 Å². The summed E-state index contributed by atoms with van der Waals surface area (Å²) in [4.78, 5) is 44.6. The van der Waals surface area contributed by atoms with Crippen LogP contribution in [0.15, 0.2) is 77.8 Å². The van der Waals surface area contributed by atoms with E-state index in [1.54, 1.807) is 60.4 Å². The Morgan fingerprint density at radius 2 is 1.79 bits per heavy atom. The van der Waals surface area contributed by atoms with Gasteiger partial charge in [0, 0.05) is 23.2 Å². The number of hydrogen-bond acceptors (Lipinski definition) is 7. The Balaban J connectivity index is 1.54. The van der Waals surface area contributed by atoms with Crippen LogP contribution in [0.2, 0.25) is 5.02 Å². The molecule has 0 aromatic heterocycles. The van der Waals surface area contributed by atoms with E-state index in [1.807, 2.05) is 31.2 Å². The lowest BCUT2D eigenvalue weighted by atomic mass is 10.2. The highest BCUT2D eigenvalue weighted by molar-refractivity contribution is 8.15. The van der Waals surface area contributed by atoms with Gasteiger partial charge in [0.25, 0.3) is 0 Å². The van der Waals surface area contributed by atoms with Crippen LogP contribution in [0.1, 0.15) is 36.2 Å². The summed E-state index contributed by atoms with van der Waals surface area (Å²) in [7, 11) is 0. The van der Waals surface area contributed by atoms with Crippen molar-refractivity contribution >= 4 is 57.7 Å². The molecule has 0 radical (unpaired) electrons. The molecule has 202 valence electrons. The van der Waals surface area contributed by atoms with Crippen LogP contribution in [0, 0.1) is 0 Å². The van der Waals surface area contributed by atoms with Crippen molar-refractivity contribution in [3.63, 3.8) is 0 Å². The highest BCUT2D eigenvalue weighted by Gasteiger charge is 2.39. The predicted molar refractivity (Wildman–Crippen MR) is 154 cm³/mol. The van der Waals surface area contributed by atoms with Gasteiger partial charge >= 0.3 is 5.97 Å². The highest BCUT2D eigenvalue weighted by Crippen LogP contribution is 2.34. The van der Waals surface area contributed by atoms with Crippen molar-refractivity contribution in [2.75, 3.05) is 18.5 Å². The SMILES string of the molecule is CCOC(=O)c1ccc(N=C2S[C@H](CC(=O)Nc3cccc(OCC)c3)C(=O)N2Cc2ccccc2Cl)cc1. The first-order chi connectivity index (χ1) is 18.9. The average molecular weight is 566 g/mol. The van der Waals surface area contributed by atoms with E-state index in [0.717, 1.165) is 5.56 Å². The van der Waals surface area contributed by atoms with E-state index in [1.165, 1.54) is 11.8 Å². The van der Waals surface area contributed by atoms with Crippen LogP contribution in [-0.4, -0.2) is 46.3 Å². The van der Waals surface area contributed by atoms with Gasteiger partial charge in [-0.25, -0.2) is 9.79 Å². The van der Waals surface area contributed by atoms with Gasteiger partial charge < -0.3 is 14.8 Å². The fraction of sp³-hybridized carbons (Fsp3) is 0.241. The van der Waals surface area contributed by atoms with E-state index in [0.29, 0.717) is 39.5 Å². The van der Waals surface area contributed by atoms with Gasteiger partial charge in [0.1, 0.15) is 11.0 Å². The van der Waals surface area contributed by atoms with Crippen molar-refractivity contribution in [2.24, 2.45) is 4.99 Å². The maximum atomic E-state index is 13.5. The fourth-order valence-electron chi connectivity index (χ4n) is 3.88. The van der Waals surface area contributed by atoms with E-state index in [-0.39, 0.29) is 31.4 Å². The third-order valence-corrected chi connectivity index (χ3v) is 7.25. The number of nitrogens with zero attached hydrogens (tertiary/aromatic N) is 2. The number of amidine groups is 1. The predicted octanol–water partition coefficient (Wildman–Crippen LogP) is 6.08. The number of rotatable bonds is 10. The zero-order chi connectivity index (χ0) is 27.8. The first-order valence-corrected chi connectivity index (χ1v) is 13.7. The topological polar surface area (TPSA) is 97.3 Å². The van der Waals surface area contributed by atoms with Gasteiger partial charge in [0.2, 0.25) is 11.8 Å². The van der Waals surface area contributed by atoms with Crippen LogP contribution in [0.25, 0.3) is 0 Å². The summed E-state index contributed by atoms with van der Waals surface area (Å²) in [5.41, 5.74) is 2.31. The summed E-state index contributed by atoms with van der Waals surface area (Å²) in [6, 6.07) is 21.0. The number of carbonyl (C=O) groups is 3. The highest BCUT2D eigenvalue weighted by atomic mass is 35.5. The summed E-state index contributed by atoms with van der Waals surface area (Å²) < 4.78 is 10.5. The molecular weight excluding hydrogens is 538 g/mol. The fourth-order valence-corrected chi connectivity index (χ4v) is 5.23. The van der Waals surface area contributed by atoms with E-state index < -0.39 is 11.2 Å². The molecule has 0 unspecified atom stereocenters. The van der Waals surface area contributed by atoms with Gasteiger partial charge in [-0.1, -0.05) is 47.6 Å². The second-order valence-corrected chi connectivity index (χ2v) is 10.1. The molecule has 10 heteroatoms. The Morgan fingerprint density at radius 3 is 2.51 bits per heavy atom. The Morgan fingerprint density at radius 1 is 1.03 bits per heavy atom. The molecule has 1 aliphatic rings. The molecule has 2 amide bonds. The minimum atomic E-state index is -0.667. The number of halogens is 1. The summed E-state index contributed by atoms with van der Waals surface area (Å²) in [6.45, 7) is 4.64. The van der Waals surface area contributed by atoms with Crippen LogP contribution in [0.3, 0.4) is 0 Å². The smallest absolute Gasteiger partial charge is 0.338 e. The third-order valence-electron chi connectivity index (χ3n) is 5.71. The molecule has 39 heavy (non-hydrogen) atoms. The molecule has 0 bridgehead atoms. The summed E-state index contributed by atoms with van der Waals surface area (Å²) >= 11 is 7.60. The number of thioether (sulfide) groups is 1. The molecular formula is C29H28ClN3O5S. The second kappa shape index (κ2) is 13.3. The van der Waals surface area contributed by atoms with Crippen molar-refractivity contribution in [3.8, 4) is 5.75 Å². The van der Waals surface area contributed by atoms with Gasteiger partial charge in [0.15, 0.2) is 5.17 Å². The normalized spacial score (nSPS) is 15.9. The number of amides is 2. The molecule has 1 fully saturated rings. The van der Waals surface area contributed by atoms with Gasteiger partial charge in [-0.2, -0.15) is 0 Å². The zero-order valence-electron chi connectivity index (χ0n) is 21.6. The number of ether oxygens (including phenoxy) is 2. The number of benzene rings is 3. The lowest BCUT2D eigenvalue weighted by Crippen LogP contribution is -2.33. The maximum absolute atomic E-state index is 13.5. The molecule has 1 saturated heterocycles. The lowest BCUT2D eigenvalue weighted by molar-refractivity contribution is -0.128. The Hall–Kier alpha value is -3.82. The lowest BCUT2D eigenvalue weighted by Gasteiger charge is -2.17. The molecule has 0 spiro atoms. The number of aliphatic imine (C=N–C) groups is 1. The van der Waals surface area contributed by atoms with E-state index >= 15 is 0 Å². The molecule has 0 aliphatic carbocycles. The number of nitrogens with one attached hydrogen (secondary N) is 1. The van der Waals surface area contributed by atoms with Crippen molar-refractivity contribution in [2.45, 2.75) is 32.1 Å². The quantitative estimate of drug-likeness (QED) is 0.299. The molecule has 1 N–H and O–H groups in total. The van der Waals surface area contributed by atoms with E-state index in [9.17, 15) is 14.4 Å². The molecule has 0 saturated carbocycles. The largest absolute Gasteiger partial charge is 0.494 e. The van der Waals surface area contributed by atoms with Crippen molar-refractivity contribution in [3.05, 3.63) is 88.9 Å². The molecule has 8 nitrogen and oxygen atoms in total. The van der Waals surface area contributed by atoms with Crippen LogP contribution in [0.4, 0.5) is 11.4 Å². The van der Waals surface area contributed by atoms with Crippen LogP contribution < -0.4 is 10.1 Å². The van der Waals surface area contributed by atoms with Gasteiger partial charge in [-0.3, -0.25) is 14.5 Å². The molecule has 3 aromatic carbocycles. The average Bonchev–Trinajstić information content (AvgIpc) is 3.19. The zero-order valence-corrected chi connectivity index (χ0v) is 23.1. The van der Waals surface area contributed by atoms with Crippen molar-refractivity contribution < 1.29 is 23.9 Å². The molecule has 1 heterocycles. The Bertz CT molecular complexity index is 1380. The Labute approximate surface area is 236 Å². The third kappa shape index (κ3) is 7.40. The number of anilines is 1. The summed E-state index contributed by atoms with van der Waals surface area (Å²) in [5, 5.41) is 3.15. The molecule has 1 atom stereocenters. The first-order valence-electron chi connectivity index (χ1n) is 12.5. The second-order valence-electron chi connectivity index (χ2n) is 8.50. The number of carbonyl (C=O) groups excluding carboxylic acids is 3. The number of esters is 1. The van der Waals surface area contributed by atoms with Crippen LogP contribution >= 0.6 is 23.4 Å². The minimum absolute atomic E-state index is 0.0395. The summed E-state index contributed by atoms with van der Waals surface area (Å²) in [5.74, 6) is -0.302. The first kappa shape index (κ1) is 28.2.